The molecule has 0 saturated heterocycles. The molecule has 1 nitrogen and oxygen atoms in total. The maximum absolute atomic E-state index is 8.72. The van der Waals surface area contributed by atoms with Gasteiger partial charge in [0, 0.05) is 15.7 Å². The van der Waals surface area contributed by atoms with Gasteiger partial charge in [-0.2, -0.15) is 0 Å². The van der Waals surface area contributed by atoms with Crippen molar-refractivity contribution < 1.29 is 5.11 Å². The van der Waals surface area contributed by atoms with E-state index in [1.54, 1.807) is 0 Å². The predicted molar refractivity (Wildman–Crippen MR) is 59.0 cm³/mol. The van der Waals surface area contributed by atoms with Crippen LogP contribution in [-0.2, 0) is 5.75 Å². The van der Waals surface area contributed by atoms with Crippen molar-refractivity contribution in [1.82, 2.24) is 0 Å². The minimum Gasteiger partial charge on any atom is -0.391 e. The number of hydrogen-bond acceptors (Lipinski definition) is 2. The van der Waals surface area contributed by atoms with Crippen molar-refractivity contribution in [1.29, 1.82) is 0 Å². The van der Waals surface area contributed by atoms with Crippen molar-refractivity contribution >= 4 is 23.4 Å². The van der Waals surface area contributed by atoms with Crippen LogP contribution in [0.3, 0.4) is 0 Å². The van der Waals surface area contributed by atoms with E-state index in [-0.39, 0.29) is 6.61 Å². The van der Waals surface area contributed by atoms with Gasteiger partial charge in [0.2, 0.25) is 0 Å². The number of rotatable bonds is 4. The number of benzene rings is 1. The summed E-state index contributed by atoms with van der Waals surface area (Å²) >= 11 is 7.35. The Morgan fingerprint density at radius 1 is 1.54 bits per heavy atom. The largest absolute Gasteiger partial charge is 0.391 e. The Morgan fingerprint density at radius 2 is 2.31 bits per heavy atom. The SMILES string of the molecule is C=C(CO)SCc1cccc(Cl)c1. The first-order valence-corrected chi connectivity index (χ1v) is 5.24. The third-order valence-corrected chi connectivity index (χ3v) is 2.76. The zero-order chi connectivity index (χ0) is 9.68. The van der Waals surface area contributed by atoms with Crippen LogP contribution >= 0.6 is 23.4 Å². The highest BCUT2D eigenvalue weighted by Crippen LogP contribution is 2.20. The Morgan fingerprint density at radius 3 is 2.92 bits per heavy atom. The van der Waals surface area contributed by atoms with Crippen LogP contribution in [0.4, 0.5) is 0 Å². The smallest absolute Gasteiger partial charge is 0.0734 e. The molecule has 0 aliphatic heterocycles. The molecule has 0 spiro atoms. The molecule has 0 fully saturated rings. The Hall–Kier alpha value is -0.440. The number of halogens is 1. The molecule has 1 aromatic carbocycles. The van der Waals surface area contributed by atoms with E-state index in [4.69, 9.17) is 16.7 Å². The van der Waals surface area contributed by atoms with Crippen LogP contribution in [0.1, 0.15) is 5.56 Å². The van der Waals surface area contributed by atoms with Gasteiger partial charge in [-0.15, -0.1) is 11.8 Å². The number of aliphatic hydroxyl groups excluding tert-OH is 1. The molecule has 3 heteroatoms. The van der Waals surface area contributed by atoms with Gasteiger partial charge >= 0.3 is 0 Å². The molecule has 1 rings (SSSR count). The molecule has 0 aromatic heterocycles. The van der Waals surface area contributed by atoms with Gasteiger partial charge in [0.25, 0.3) is 0 Å². The summed E-state index contributed by atoms with van der Waals surface area (Å²) in [4.78, 5) is 0.778. The maximum Gasteiger partial charge on any atom is 0.0734 e. The highest BCUT2D eigenvalue weighted by atomic mass is 35.5. The van der Waals surface area contributed by atoms with Crippen molar-refractivity contribution in [2.45, 2.75) is 5.75 Å². The van der Waals surface area contributed by atoms with Crippen LogP contribution in [0.5, 0.6) is 0 Å². The molecule has 0 bridgehead atoms. The second-order valence-electron chi connectivity index (χ2n) is 2.62. The van der Waals surface area contributed by atoms with Gasteiger partial charge in [-0.25, -0.2) is 0 Å². The fraction of sp³-hybridized carbons (Fsp3) is 0.200. The molecule has 0 radical (unpaired) electrons. The Labute approximate surface area is 87.4 Å². The average Bonchev–Trinajstić information content (AvgIpc) is 2.14. The summed E-state index contributed by atoms with van der Waals surface area (Å²) in [5.41, 5.74) is 1.15. The molecule has 1 aromatic rings. The summed E-state index contributed by atoms with van der Waals surface area (Å²) in [6.07, 6.45) is 0. The normalized spacial score (nSPS) is 10.0. The van der Waals surface area contributed by atoms with Crippen molar-refractivity contribution in [2.75, 3.05) is 6.61 Å². The lowest BCUT2D eigenvalue weighted by atomic mass is 10.2. The quantitative estimate of drug-likeness (QED) is 0.832. The lowest BCUT2D eigenvalue weighted by Crippen LogP contribution is -1.85. The van der Waals surface area contributed by atoms with Crippen LogP contribution in [0, 0.1) is 0 Å². The first-order valence-electron chi connectivity index (χ1n) is 3.88. The Balaban J connectivity index is 2.50. The van der Waals surface area contributed by atoms with Gasteiger partial charge in [0.1, 0.15) is 0 Å². The number of thioether (sulfide) groups is 1. The predicted octanol–water partition coefficient (Wildman–Crippen LogP) is 3.08. The van der Waals surface area contributed by atoms with Gasteiger partial charge < -0.3 is 5.11 Å². The van der Waals surface area contributed by atoms with Crippen molar-refractivity contribution in [3.63, 3.8) is 0 Å². The van der Waals surface area contributed by atoms with Crippen LogP contribution < -0.4 is 0 Å². The molecule has 70 valence electrons. The molecular formula is C10H11ClOS. The van der Waals surface area contributed by atoms with E-state index in [9.17, 15) is 0 Å². The van der Waals surface area contributed by atoms with E-state index < -0.39 is 0 Å². The summed E-state index contributed by atoms with van der Waals surface area (Å²) in [5, 5.41) is 9.46. The van der Waals surface area contributed by atoms with Gasteiger partial charge in [-0.05, 0) is 17.7 Å². The maximum atomic E-state index is 8.72. The molecule has 0 aliphatic carbocycles. The average molecular weight is 215 g/mol. The van der Waals surface area contributed by atoms with Crippen LogP contribution in [0.15, 0.2) is 35.7 Å². The fourth-order valence-corrected chi connectivity index (χ4v) is 1.71. The van der Waals surface area contributed by atoms with E-state index in [1.807, 2.05) is 24.3 Å². The summed E-state index contributed by atoms with van der Waals surface area (Å²) < 4.78 is 0. The summed E-state index contributed by atoms with van der Waals surface area (Å²) in [5.74, 6) is 0.806. The zero-order valence-electron chi connectivity index (χ0n) is 7.16. The van der Waals surface area contributed by atoms with E-state index in [0.29, 0.717) is 0 Å². The number of aliphatic hydroxyl groups is 1. The third kappa shape index (κ3) is 3.85. The highest BCUT2D eigenvalue weighted by molar-refractivity contribution is 8.02. The van der Waals surface area contributed by atoms with Gasteiger partial charge in [0.05, 0.1) is 6.61 Å². The van der Waals surface area contributed by atoms with E-state index in [0.717, 1.165) is 21.2 Å². The van der Waals surface area contributed by atoms with Crippen LogP contribution in [0.2, 0.25) is 5.02 Å². The molecule has 0 unspecified atom stereocenters. The molecule has 1 N–H and O–H groups in total. The highest BCUT2D eigenvalue weighted by Gasteiger charge is 1.96. The molecule has 13 heavy (non-hydrogen) atoms. The van der Waals surface area contributed by atoms with Crippen molar-refractivity contribution in [3.8, 4) is 0 Å². The second-order valence-corrected chi connectivity index (χ2v) is 4.21. The van der Waals surface area contributed by atoms with E-state index in [1.165, 1.54) is 11.8 Å². The molecule has 0 atom stereocenters. The van der Waals surface area contributed by atoms with E-state index >= 15 is 0 Å². The molecule has 0 heterocycles. The van der Waals surface area contributed by atoms with Crippen LogP contribution in [0.25, 0.3) is 0 Å². The first kappa shape index (κ1) is 10.6. The van der Waals surface area contributed by atoms with E-state index in [2.05, 4.69) is 6.58 Å². The summed E-state index contributed by atoms with van der Waals surface area (Å²) in [6.45, 7) is 3.72. The summed E-state index contributed by atoms with van der Waals surface area (Å²) in [6, 6.07) is 7.68. The second kappa shape index (κ2) is 5.32. The first-order chi connectivity index (χ1) is 6.22. The Kier molecular flexibility index (Phi) is 4.36. The molecule has 0 amide bonds. The van der Waals surface area contributed by atoms with Gasteiger partial charge in [-0.3, -0.25) is 0 Å². The van der Waals surface area contributed by atoms with Crippen molar-refractivity contribution in [2.24, 2.45) is 0 Å². The topological polar surface area (TPSA) is 20.2 Å². The molecular weight excluding hydrogens is 204 g/mol. The molecule has 0 saturated carbocycles. The van der Waals surface area contributed by atoms with Crippen LogP contribution in [-0.4, -0.2) is 11.7 Å². The monoisotopic (exact) mass is 214 g/mol. The minimum atomic E-state index is 0.0330. The lowest BCUT2D eigenvalue weighted by Gasteiger charge is -2.02. The molecule has 0 aliphatic rings. The lowest BCUT2D eigenvalue weighted by molar-refractivity contribution is 0.340. The van der Waals surface area contributed by atoms with Crippen molar-refractivity contribution in [3.05, 3.63) is 46.3 Å². The Bertz CT molecular complexity index is 299. The standard InChI is InChI=1S/C10H11ClOS/c1-8(6-12)13-7-9-3-2-4-10(11)5-9/h2-5,12H,1,6-7H2. The van der Waals surface area contributed by atoms with Gasteiger partial charge in [0.15, 0.2) is 0 Å². The van der Waals surface area contributed by atoms with Gasteiger partial charge in [-0.1, -0.05) is 30.3 Å². The number of hydrogen-bond donors (Lipinski definition) is 1. The minimum absolute atomic E-state index is 0.0330. The summed E-state index contributed by atoms with van der Waals surface area (Å²) in [7, 11) is 0. The fourth-order valence-electron chi connectivity index (χ4n) is 0.858. The zero-order valence-corrected chi connectivity index (χ0v) is 8.74. The third-order valence-electron chi connectivity index (χ3n) is 1.51.